The average Bonchev–Trinajstić information content (AvgIpc) is 3.21. The van der Waals surface area contributed by atoms with Crippen molar-refractivity contribution >= 4 is 5.97 Å². The highest BCUT2D eigenvalue weighted by Gasteiger charge is 2.33. The van der Waals surface area contributed by atoms with E-state index in [2.05, 4.69) is 4.98 Å². The molecular weight excluding hydrogens is 349 g/mol. The van der Waals surface area contributed by atoms with Crippen molar-refractivity contribution in [3.05, 3.63) is 41.3 Å². The van der Waals surface area contributed by atoms with Gasteiger partial charge in [0.05, 0.1) is 18.4 Å². The van der Waals surface area contributed by atoms with Gasteiger partial charge in [0, 0.05) is 12.1 Å². The number of rotatable bonds is 4. The Morgan fingerprint density at radius 3 is 2.88 bits per heavy atom. The van der Waals surface area contributed by atoms with Crippen LogP contribution in [0.4, 0.5) is 13.2 Å². The standard InChI is InChI=1S/C18H19F3N2O3/c1-11-14(10-23-8-4-7-15(23)17(24)25-2)22-16(26-11)12-5-3-6-13(9-12)18(19,20)21/h3,5-6,9,15H,4,7-8,10H2,1-2H3/t15-/m0/s1. The second-order valence-corrected chi connectivity index (χ2v) is 6.25. The van der Waals surface area contributed by atoms with Crippen LogP contribution < -0.4 is 0 Å². The van der Waals surface area contributed by atoms with E-state index in [0.29, 0.717) is 24.4 Å². The highest BCUT2D eigenvalue weighted by molar-refractivity contribution is 5.76. The van der Waals surface area contributed by atoms with Gasteiger partial charge in [0.25, 0.3) is 0 Å². The first kappa shape index (κ1) is 18.4. The molecule has 1 saturated heterocycles. The number of aromatic nitrogens is 1. The van der Waals surface area contributed by atoms with Gasteiger partial charge in [0.2, 0.25) is 5.89 Å². The molecule has 0 amide bonds. The molecule has 5 nitrogen and oxygen atoms in total. The summed E-state index contributed by atoms with van der Waals surface area (Å²) in [6.45, 7) is 2.82. The molecule has 0 spiro atoms. The lowest BCUT2D eigenvalue weighted by Crippen LogP contribution is -2.36. The Morgan fingerprint density at radius 2 is 2.19 bits per heavy atom. The summed E-state index contributed by atoms with van der Waals surface area (Å²) < 4.78 is 49.1. The number of oxazole rings is 1. The van der Waals surface area contributed by atoms with Crippen molar-refractivity contribution in [1.29, 1.82) is 0 Å². The largest absolute Gasteiger partial charge is 0.468 e. The third-order valence-corrected chi connectivity index (χ3v) is 4.52. The summed E-state index contributed by atoms with van der Waals surface area (Å²) in [5.74, 6) is 0.368. The van der Waals surface area contributed by atoms with Crippen LogP contribution in [0.3, 0.4) is 0 Å². The molecule has 0 radical (unpaired) electrons. The Labute approximate surface area is 148 Å². The quantitative estimate of drug-likeness (QED) is 0.769. The summed E-state index contributed by atoms with van der Waals surface area (Å²) in [7, 11) is 1.35. The zero-order valence-electron chi connectivity index (χ0n) is 14.5. The summed E-state index contributed by atoms with van der Waals surface area (Å²) in [4.78, 5) is 18.2. The van der Waals surface area contributed by atoms with E-state index in [1.807, 2.05) is 4.90 Å². The number of nitrogens with zero attached hydrogens (tertiary/aromatic N) is 2. The van der Waals surface area contributed by atoms with Gasteiger partial charge in [-0.05, 0) is 44.5 Å². The lowest BCUT2D eigenvalue weighted by atomic mass is 10.1. The maximum absolute atomic E-state index is 12.9. The minimum Gasteiger partial charge on any atom is -0.468 e. The van der Waals surface area contributed by atoms with Crippen LogP contribution in [0.5, 0.6) is 0 Å². The SMILES string of the molecule is COC(=O)[C@@H]1CCCN1Cc1nc(-c2cccc(C(F)(F)F)c2)oc1C. The monoisotopic (exact) mass is 368 g/mol. The van der Waals surface area contributed by atoms with Gasteiger partial charge in [-0.1, -0.05) is 6.07 Å². The van der Waals surface area contributed by atoms with E-state index in [9.17, 15) is 18.0 Å². The first-order chi connectivity index (χ1) is 12.3. The predicted molar refractivity (Wildman–Crippen MR) is 87.1 cm³/mol. The summed E-state index contributed by atoms with van der Waals surface area (Å²) >= 11 is 0. The Bertz CT molecular complexity index is 801. The van der Waals surface area contributed by atoms with E-state index in [0.717, 1.165) is 25.1 Å². The fourth-order valence-electron chi connectivity index (χ4n) is 3.14. The van der Waals surface area contributed by atoms with Crippen molar-refractivity contribution in [2.24, 2.45) is 0 Å². The lowest BCUT2D eigenvalue weighted by Gasteiger charge is -2.21. The number of methoxy groups -OCH3 is 1. The van der Waals surface area contributed by atoms with E-state index >= 15 is 0 Å². The van der Waals surface area contributed by atoms with Crippen LogP contribution in [0, 0.1) is 6.92 Å². The van der Waals surface area contributed by atoms with Gasteiger partial charge >= 0.3 is 12.1 Å². The molecule has 0 saturated carbocycles. The number of esters is 1. The number of halogens is 3. The molecule has 140 valence electrons. The summed E-state index contributed by atoms with van der Waals surface area (Å²) in [5.41, 5.74) is 0.117. The van der Waals surface area contributed by atoms with Gasteiger partial charge < -0.3 is 9.15 Å². The van der Waals surface area contributed by atoms with Crippen LogP contribution in [0.25, 0.3) is 11.5 Å². The second-order valence-electron chi connectivity index (χ2n) is 6.25. The van der Waals surface area contributed by atoms with Crippen molar-refractivity contribution < 1.29 is 27.1 Å². The number of carbonyl (C=O) groups excluding carboxylic acids is 1. The highest BCUT2D eigenvalue weighted by atomic mass is 19.4. The minimum atomic E-state index is -4.43. The third kappa shape index (κ3) is 3.75. The molecule has 0 aliphatic carbocycles. The van der Waals surface area contributed by atoms with E-state index in [4.69, 9.17) is 9.15 Å². The number of benzene rings is 1. The molecular formula is C18H19F3N2O3. The molecule has 8 heteroatoms. The molecule has 1 aromatic carbocycles. The van der Waals surface area contributed by atoms with E-state index in [1.54, 1.807) is 6.92 Å². The maximum atomic E-state index is 12.9. The number of ether oxygens (including phenoxy) is 1. The van der Waals surface area contributed by atoms with Gasteiger partial charge in [-0.25, -0.2) is 4.98 Å². The number of hydrogen-bond acceptors (Lipinski definition) is 5. The van der Waals surface area contributed by atoms with Crippen molar-refractivity contribution in [2.45, 2.75) is 38.5 Å². The highest BCUT2D eigenvalue weighted by Crippen LogP contribution is 2.32. The third-order valence-electron chi connectivity index (χ3n) is 4.52. The zero-order valence-corrected chi connectivity index (χ0v) is 14.5. The van der Waals surface area contributed by atoms with Gasteiger partial charge in [-0.2, -0.15) is 13.2 Å². The molecule has 0 unspecified atom stereocenters. The molecule has 2 aromatic rings. The normalized spacial score (nSPS) is 18.3. The van der Waals surface area contributed by atoms with Crippen LogP contribution in [-0.4, -0.2) is 35.5 Å². The summed E-state index contributed by atoms with van der Waals surface area (Å²) in [5, 5.41) is 0. The maximum Gasteiger partial charge on any atom is 0.416 e. The van der Waals surface area contributed by atoms with E-state index in [1.165, 1.54) is 19.2 Å². The zero-order chi connectivity index (χ0) is 18.9. The smallest absolute Gasteiger partial charge is 0.416 e. The Balaban J connectivity index is 1.83. The molecule has 1 atom stereocenters. The van der Waals surface area contributed by atoms with Crippen LogP contribution in [0.1, 0.15) is 29.9 Å². The van der Waals surface area contributed by atoms with Crippen LogP contribution >= 0.6 is 0 Å². The van der Waals surface area contributed by atoms with Gasteiger partial charge in [-0.15, -0.1) is 0 Å². The molecule has 3 rings (SSSR count). The minimum absolute atomic E-state index is 0.136. The molecule has 2 heterocycles. The first-order valence-electron chi connectivity index (χ1n) is 8.25. The number of alkyl halides is 3. The van der Waals surface area contributed by atoms with E-state index in [-0.39, 0.29) is 23.5 Å². The van der Waals surface area contributed by atoms with Crippen molar-refractivity contribution in [3.63, 3.8) is 0 Å². The molecule has 1 fully saturated rings. The summed E-state index contributed by atoms with van der Waals surface area (Å²) in [6, 6.07) is 4.55. The van der Waals surface area contributed by atoms with Crippen LogP contribution in [0.2, 0.25) is 0 Å². The molecule has 1 aliphatic rings. The fraction of sp³-hybridized carbons (Fsp3) is 0.444. The number of hydrogen-bond donors (Lipinski definition) is 0. The molecule has 0 N–H and O–H groups in total. The molecule has 1 aliphatic heterocycles. The van der Waals surface area contributed by atoms with Crippen LogP contribution in [-0.2, 0) is 22.3 Å². The average molecular weight is 368 g/mol. The van der Waals surface area contributed by atoms with Gasteiger partial charge in [-0.3, -0.25) is 9.69 Å². The number of carbonyl (C=O) groups is 1. The number of aryl methyl sites for hydroxylation is 1. The van der Waals surface area contributed by atoms with E-state index < -0.39 is 11.7 Å². The topological polar surface area (TPSA) is 55.6 Å². The number of likely N-dealkylation sites (tertiary alicyclic amines) is 1. The van der Waals surface area contributed by atoms with Crippen molar-refractivity contribution in [2.75, 3.05) is 13.7 Å². The first-order valence-corrected chi connectivity index (χ1v) is 8.25. The van der Waals surface area contributed by atoms with Crippen LogP contribution in [0.15, 0.2) is 28.7 Å². The molecule has 0 bridgehead atoms. The van der Waals surface area contributed by atoms with Gasteiger partial charge in [0.15, 0.2) is 0 Å². The molecule has 26 heavy (non-hydrogen) atoms. The van der Waals surface area contributed by atoms with Gasteiger partial charge in [0.1, 0.15) is 11.8 Å². The second kappa shape index (κ2) is 7.11. The Kier molecular flexibility index (Phi) is 5.04. The Hall–Kier alpha value is -2.35. The predicted octanol–water partition coefficient (Wildman–Crippen LogP) is 3.81. The van der Waals surface area contributed by atoms with Crippen molar-refractivity contribution in [3.8, 4) is 11.5 Å². The van der Waals surface area contributed by atoms with Crippen molar-refractivity contribution in [1.82, 2.24) is 9.88 Å². The summed E-state index contributed by atoms with van der Waals surface area (Å²) in [6.07, 6.45) is -2.84. The lowest BCUT2D eigenvalue weighted by molar-refractivity contribution is -0.146. The Morgan fingerprint density at radius 1 is 1.42 bits per heavy atom. The molecule has 1 aromatic heterocycles. The fourth-order valence-corrected chi connectivity index (χ4v) is 3.14.